The minimum Gasteiger partial charge on any atom is -0.494 e. The molecule has 0 radical (unpaired) electrons. The van der Waals surface area contributed by atoms with E-state index in [1.165, 1.54) is 109 Å². The fraction of sp³-hybridized carbons (Fsp3) is 0.346. The number of carboxylic acids is 1. The van der Waals surface area contributed by atoms with Crippen LogP contribution in [0.4, 0.5) is 17.1 Å². The number of rotatable bonds is 29. The van der Waals surface area contributed by atoms with Gasteiger partial charge in [0, 0.05) is 58.7 Å². The second-order valence-corrected chi connectivity index (χ2v) is 27.0. The number of ether oxygens (including phenoxy) is 2. The van der Waals surface area contributed by atoms with Gasteiger partial charge in [0.25, 0.3) is 0 Å². The van der Waals surface area contributed by atoms with Gasteiger partial charge in [-0.15, -0.1) is 22.7 Å². The summed E-state index contributed by atoms with van der Waals surface area (Å²) >= 11 is 5.15. The number of carbonyl (C=O) groups is 1. The van der Waals surface area contributed by atoms with E-state index in [2.05, 4.69) is 194 Å². The summed E-state index contributed by atoms with van der Waals surface area (Å²) in [6.45, 7) is 19.6. The van der Waals surface area contributed by atoms with Crippen molar-refractivity contribution in [2.24, 2.45) is 11.8 Å². The molecule has 1 aliphatic carbocycles. The number of aromatic nitrogens is 2. The Bertz CT molecular complexity index is 3950. The lowest BCUT2D eigenvalue weighted by Crippen LogP contribution is -2.31. The van der Waals surface area contributed by atoms with E-state index in [0.29, 0.717) is 18.4 Å². The monoisotopic (exact) mass is 1220 g/mol. The molecule has 0 saturated carbocycles. The van der Waals surface area contributed by atoms with Gasteiger partial charge in [-0.1, -0.05) is 185 Å². The SMILES string of the molecule is CCCCOc1ccc(-c2ccc(N(c3ccc(-c4cc5c(s4)-c4sc(-c6ccc(-c7ccc(C(=O)O)cc7)c7nsnc67)cc4C5(CC(CC)CCCC)CC(CC)CCCC)cc3)c3ccc(-c4ccc(C)cc4OCCCC)cc3)cc2)c(C)c1. The Morgan fingerprint density at radius 2 is 0.989 bits per heavy atom. The topological polar surface area (TPSA) is 84.8 Å². The Hall–Kier alpha value is -7.37. The molecule has 2 atom stereocenters. The first kappa shape index (κ1) is 62.2. The minimum atomic E-state index is -0.934. The molecule has 7 aromatic carbocycles. The molecule has 454 valence electrons. The van der Waals surface area contributed by atoms with Crippen LogP contribution in [0.25, 0.3) is 75.0 Å². The summed E-state index contributed by atoms with van der Waals surface area (Å²) < 4.78 is 22.4. The fourth-order valence-corrected chi connectivity index (χ4v) is 16.5. The summed E-state index contributed by atoms with van der Waals surface area (Å²) in [5, 5.41) is 9.65. The Kier molecular flexibility index (Phi) is 20.1. The molecule has 11 rings (SSSR count). The quantitative estimate of drug-likeness (QED) is 0.0468. The van der Waals surface area contributed by atoms with Crippen molar-refractivity contribution in [3.8, 4) is 75.5 Å². The van der Waals surface area contributed by atoms with Crippen molar-refractivity contribution >= 4 is 68.5 Å². The third-order valence-electron chi connectivity index (χ3n) is 18.3. The predicted molar refractivity (Wildman–Crippen MR) is 374 cm³/mol. The van der Waals surface area contributed by atoms with E-state index in [0.717, 1.165) is 125 Å². The summed E-state index contributed by atoms with van der Waals surface area (Å²) in [5.74, 6) is 2.12. The molecule has 7 nitrogen and oxygen atoms in total. The number of nitrogens with zero attached hydrogens (tertiary/aromatic N) is 3. The first-order chi connectivity index (χ1) is 43.0. The summed E-state index contributed by atoms with van der Waals surface area (Å²) in [6.07, 6.45) is 16.2. The van der Waals surface area contributed by atoms with Crippen LogP contribution in [-0.2, 0) is 5.41 Å². The first-order valence-electron chi connectivity index (χ1n) is 32.4. The zero-order valence-corrected chi connectivity index (χ0v) is 55.2. The summed E-state index contributed by atoms with van der Waals surface area (Å²) in [6, 6.07) is 57.0. The van der Waals surface area contributed by atoms with Crippen LogP contribution in [-0.4, -0.2) is 33.0 Å². The third kappa shape index (κ3) is 13.2. The minimum absolute atomic E-state index is 0.138. The number of hydrogen-bond acceptors (Lipinski definition) is 9. The molecule has 1 N–H and O–H groups in total. The van der Waals surface area contributed by atoms with E-state index in [1.807, 2.05) is 34.8 Å². The van der Waals surface area contributed by atoms with Crippen LogP contribution in [0, 0.1) is 25.7 Å². The number of hydrogen-bond donors (Lipinski definition) is 1. The van der Waals surface area contributed by atoms with Crippen molar-refractivity contribution in [3.05, 3.63) is 186 Å². The standard InChI is InChI=1S/C78H85N3O4S3/c1-9-15-19-53(13-5)49-78(50-54(14-6)20-16-10-2)68-47-71(86-75(68)76-69(78)48-72(87-76)67-42-41-66(73-74(67)80-88-79-73)57-22-24-59(25-23-57)77(82)83)58-30-36-62(37-31-58)81(60-32-26-55(27-33-60)64-40-38-63(46-52(64)8)84-43-17-11-3)61-34-28-56(29-35-61)65-39-21-51(7)45-70(65)85-44-18-12-4/h21-42,45-48,53-54H,9-20,43-44,49-50H2,1-8H3,(H,82,83). The van der Waals surface area contributed by atoms with Gasteiger partial charge in [0.1, 0.15) is 22.5 Å². The molecular formula is C78H85N3O4S3. The normalized spacial score (nSPS) is 14.2. The van der Waals surface area contributed by atoms with Gasteiger partial charge in [-0.05, 0) is 180 Å². The molecule has 0 spiro atoms. The van der Waals surface area contributed by atoms with E-state index in [4.69, 9.17) is 18.2 Å². The van der Waals surface area contributed by atoms with Crippen molar-refractivity contribution < 1.29 is 19.4 Å². The average molecular weight is 1220 g/mol. The lowest BCUT2D eigenvalue weighted by atomic mass is 9.65. The number of unbranched alkanes of at least 4 members (excludes halogenated alkanes) is 4. The van der Waals surface area contributed by atoms with Gasteiger partial charge in [0.2, 0.25) is 0 Å². The molecule has 3 heterocycles. The third-order valence-corrected chi connectivity index (χ3v) is 21.4. The molecule has 0 bridgehead atoms. The Balaban J connectivity index is 0.993. The lowest BCUT2D eigenvalue weighted by molar-refractivity contribution is 0.0697. The Morgan fingerprint density at radius 1 is 0.511 bits per heavy atom. The highest BCUT2D eigenvalue weighted by atomic mass is 32.1. The van der Waals surface area contributed by atoms with Crippen LogP contribution in [0.3, 0.4) is 0 Å². The molecule has 10 aromatic rings. The molecular weight excluding hydrogens is 1140 g/mol. The summed E-state index contributed by atoms with van der Waals surface area (Å²) in [5.41, 5.74) is 19.4. The first-order valence-corrected chi connectivity index (χ1v) is 34.8. The van der Waals surface area contributed by atoms with Gasteiger partial charge in [-0.2, -0.15) is 8.75 Å². The number of aryl methyl sites for hydroxylation is 2. The van der Waals surface area contributed by atoms with Crippen LogP contribution < -0.4 is 14.4 Å². The number of fused-ring (bicyclic) bond motifs is 4. The second kappa shape index (κ2) is 28.4. The van der Waals surface area contributed by atoms with Gasteiger partial charge >= 0.3 is 5.97 Å². The van der Waals surface area contributed by atoms with E-state index < -0.39 is 5.97 Å². The highest BCUT2D eigenvalue weighted by molar-refractivity contribution is 7.26. The van der Waals surface area contributed by atoms with E-state index in [9.17, 15) is 9.90 Å². The molecule has 0 aliphatic heterocycles. The van der Waals surface area contributed by atoms with Gasteiger partial charge in [0.15, 0.2) is 0 Å². The molecule has 3 aromatic heterocycles. The number of anilines is 3. The van der Waals surface area contributed by atoms with Gasteiger partial charge in [-0.3, -0.25) is 0 Å². The number of benzene rings is 7. The summed E-state index contributed by atoms with van der Waals surface area (Å²) in [4.78, 5) is 19.5. The maximum atomic E-state index is 11.8. The Morgan fingerprint density at radius 3 is 1.55 bits per heavy atom. The molecule has 88 heavy (non-hydrogen) atoms. The van der Waals surface area contributed by atoms with E-state index in [-0.39, 0.29) is 11.0 Å². The van der Waals surface area contributed by atoms with Crippen molar-refractivity contribution in [1.29, 1.82) is 0 Å². The zero-order valence-electron chi connectivity index (χ0n) is 52.7. The van der Waals surface area contributed by atoms with Crippen molar-refractivity contribution in [1.82, 2.24) is 8.75 Å². The van der Waals surface area contributed by atoms with Gasteiger partial charge < -0.3 is 19.5 Å². The molecule has 10 heteroatoms. The van der Waals surface area contributed by atoms with Crippen LogP contribution >= 0.6 is 34.4 Å². The van der Waals surface area contributed by atoms with Crippen molar-refractivity contribution in [2.45, 2.75) is 151 Å². The van der Waals surface area contributed by atoms with E-state index >= 15 is 0 Å². The molecule has 0 saturated heterocycles. The van der Waals surface area contributed by atoms with Crippen LogP contribution in [0.2, 0.25) is 0 Å². The van der Waals surface area contributed by atoms with Crippen LogP contribution in [0.1, 0.15) is 164 Å². The largest absolute Gasteiger partial charge is 0.494 e. The highest BCUT2D eigenvalue weighted by Crippen LogP contribution is 2.63. The second-order valence-electron chi connectivity index (χ2n) is 24.4. The molecule has 0 amide bonds. The lowest BCUT2D eigenvalue weighted by Gasteiger charge is -2.37. The van der Waals surface area contributed by atoms with E-state index in [1.54, 1.807) is 12.1 Å². The average Bonchev–Trinajstić information content (AvgIpc) is 1.59. The van der Waals surface area contributed by atoms with Crippen molar-refractivity contribution in [2.75, 3.05) is 18.1 Å². The summed E-state index contributed by atoms with van der Waals surface area (Å²) in [7, 11) is 0. The number of thiophene rings is 2. The zero-order chi connectivity index (χ0) is 61.3. The Labute approximate surface area is 534 Å². The van der Waals surface area contributed by atoms with Crippen LogP contribution in [0.15, 0.2) is 158 Å². The fourth-order valence-electron chi connectivity index (χ4n) is 13.2. The molecule has 0 fully saturated rings. The highest BCUT2D eigenvalue weighted by Gasteiger charge is 2.48. The number of aromatic carboxylic acids is 1. The smallest absolute Gasteiger partial charge is 0.335 e. The maximum Gasteiger partial charge on any atom is 0.335 e. The van der Waals surface area contributed by atoms with Crippen molar-refractivity contribution in [3.63, 3.8) is 0 Å². The van der Waals surface area contributed by atoms with Crippen LogP contribution in [0.5, 0.6) is 11.5 Å². The maximum absolute atomic E-state index is 11.8. The molecule has 1 aliphatic rings. The molecule has 2 unspecified atom stereocenters. The number of carboxylic acid groups (broad SMARTS) is 1. The van der Waals surface area contributed by atoms with Gasteiger partial charge in [0.05, 0.1) is 30.5 Å². The predicted octanol–water partition coefficient (Wildman–Crippen LogP) is 23.8. The van der Waals surface area contributed by atoms with Gasteiger partial charge in [-0.25, -0.2) is 4.79 Å².